The van der Waals surface area contributed by atoms with Gasteiger partial charge in [0.25, 0.3) is 0 Å². The minimum absolute atomic E-state index is 0.0347. The summed E-state index contributed by atoms with van der Waals surface area (Å²) < 4.78 is 1.53. The molecule has 1 aromatic heterocycles. The Kier molecular flexibility index (Phi) is 1.20. The van der Waals surface area contributed by atoms with Gasteiger partial charge in [-0.05, 0) is 12.3 Å². The maximum Gasteiger partial charge on any atom is 0.237 e. The van der Waals surface area contributed by atoms with Gasteiger partial charge in [0.2, 0.25) is 13.5 Å². The molecule has 0 saturated carbocycles. The SMILES string of the molecule is Bn1ccccc1=O. The zero-order chi connectivity index (χ0) is 5.98. The third kappa shape index (κ3) is 0.806. The second kappa shape index (κ2) is 1.86. The number of rotatable bonds is 0. The minimum Gasteiger partial charge on any atom is -0.368 e. The monoisotopic (exact) mass is 107 g/mol. The fraction of sp³-hybridized carbons (Fsp3) is 0. The number of hydrogen-bond acceptors (Lipinski definition) is 1. The first-order chi connectivity index (χ1) is 3.80. The molecule has 1 heterocycles. The van der Waals surface area contributed by atoms with Gasteiger partial charge in [-0.25, -0.2) is 0 Å². The first-order valence-electron chi connectivity index (χ1n) is 2.42. The normalized spacial score (nSPS) is 9.00. The van der Waals surface area contributed by atoms with Crippen molar-refractivity contribution in [2.75, 3.05) is 0 Å². The molecule has 0 saturated heterocycles. The highest BCUT2D eigenvalue weighted by molar-refractivity contribution is 6.06. The molecule has 1 aromatic rings. The zero-order valence-corrected chi connectivity index (χ0v) is 4.66. The summed E-state index contributed by atoms with van der Waals surface area (Å²) in [5, 5.41) is 0. The Morgan fingerprint density at radius 1 is 1.50 bits per heavy atom. The summed E-state index contributed by atoms with van der Waals surface area (Å²) in [6.07, 6.45) is 1.72. The average Bonchev–Trinajstić information content (AvgIpc) is 1.77. The molecule has 0 bridgehead atoms. The van der Waals surface area contributed by atoms with Crippen LogP contribution in [0.25, 0.3) is 0 Å². The lowest BCUT2D eigenvalue weighted by atomic mass is 10.3. The molecule has 0 N–H and O–H groups in total. The molecule has 0 atom stereocenters. The van der Waals surface area contributed by atoms with Gasteiger partial charge in [-0.2, -0.15) is 0 Å². The third-order valence-electron chi connectivity index (χ3n) is 1.01. The molecule has 0 aliphatic rings. The van der Waals surface area contributed by atoms with Crippen LogP contribution in [0.1, 0.15) is 0 Å². The van der Waals surface area contributed by atoms with E-state index in [1.54, 1.807) is 20.2 Å². The second-order valence-electron chi connectivity index (χ2n) is 1.65. The fourth-order valence-corrected chi connectivity index (χ4v) is 0.508. The Hall–Kier alpha value is -0.985. The van der Waals surface area contributed by atoms with Gasteiger partial charge in [-0.15, -0.1) is 0 Å². The molecule has 0 radical (unpaired) electrons. The molecule has 0 aliphatic carbocycles. The van der Waals surface area contributed by atoms with E-state index in [9.17, 15) is 4.79 Å². The Balaban J connectivity index is 3.35. The van der Waals surface area contributed by atoms with E-state index < -0.39 is 0 Å². The molecule has 3 heteroatoms. The van der Waals surface area contributed by atoms with E-state index in [-0.39, 0.29) is 5.56 Å². The highest BCUT2D eigenvalue weighted by Gasteiger charge is 1.79. The van der Waals surface area contributed by atoms with Crippen molar-refractivity contribution in [2.24, 2.45) is 0 Å². The maximum absolute atomic E-state index is 10.6. The smallest absolute Gasteiger partial charge is 0.237 e. The summed E-state index contributed by atoms with van der Waals surface area (Å²) in [7, 11) is 1.72. The van der Waals surface area contributed by atoms with Crippen LogP contribution in [-0.4, -0.2) is 12.5 Å². The van der Waals surface area contributed by atoms with Crippen LogP contribution in [0.4, 0.5) is 0 Å². The van der Waals surface area contributed by atoms with Crippen molar-refractivity contribution in [2.45, 2.75) is 0 Å². The van der Waals surface area contributed by atoms with Crippen LogP contribution in [0, 0.1) is 0 Å². The van der Waals surface area contributed by atoms with E-state index in [1.165, 1.54) is 10.5 Å². The Morgan fingerprint density at radius 3 is 2.62 bits per heavy atom. The molecule has 2 nitrogen and oxygen atoms in total. The van der Waals surface area contributed by atoms with Crippen LogP contribution in [0.3, 0.4) is 0 Å². The average molecular weight is 107 g/mol. The topological polar surface area (TPSA) is 22.0 Å². The lowest BCUT2D eigenvalue weighted by molar-refractivity contribution is 1.13. The predicted octanol–water partition coefficient (Wildman–Crippen LogP) is -0.756. The van der Waals surface area contributed by atoms with E-state index in [1.807, 2.05) is 6.07 Å². The summed E-state index contributed by atoms with van der Waals surface area (Å²) in [6.45, 7) is 0. The summed E-state index contributed by atoms with van der Waals surface area (Å²) in [6, 6.07) is 5.07. The minimum atomic E-state index is 0.0347. The van der Waals surface area contributed by atoms with E-state index >= 15 is 0 Å². The van der Waals surface area contributed by atoms with Crippen LogP contribution < -0.4 is 5.56 Å². The quantitative estimate of drug-likeness (QED) is 0.399. The molecular weight excluding hydrogens is 101 g/mol. The predicted molar refractivity (Wildman–Crippen MR) is 34.6 cm³/mol. The van der Waals surface area contributed by atoms with Crippen LogP contribution in [-0.2, 0) is 0 Å². The first kappa shape index (κ1) is 5.16. The van der Waals surface area contributed by atoms with E-state index in [4.69, 9.17) is 0 Å². The number of nitrogens with zero attached hydrogens (tertiary/aromatic N) is 1. The van der Waals surface area contributed by atoms with Crippen LogP contribution in [0.5, 0.6) is 0 Å². The van der Waals surface area contributed by atoms with Crippen molar-refractivity contribution in [1.82, 2.24) is 4.48 Å². The molecule has 8 heavy (non-hydrogen) atoms. The van der Waals surface area contributed by atoms with Crippen LogP contribution in [0.15, 0.2) is 29.2 Å². The van der Waals surface area contributed by atoms with Crippen molar-refractivity contribution < 1.29 is 0 Å². The molecule has 0 unspecified atom stereocenters. The van der Waals surface area contributed by atoms with E-state index in [0.717, 1.165) is 0 Å². The van der Waals surface area contributed by atoms with E-state index in [0.29, 0.717) is 0 Å². The highest BCUT2D eigenvalue weighted by Crippen LogP contribution is 1.72. The lowest BCUT2D eigenvalue weighted by Crippen LogP contribution is -2.14. The zero-order valence-electron chi connectivity index (χ0n) is 4.66. The molecule has 0 amide bonds. The Labute approximate surface area is 48.2 Å². The Bertz CT molecular complexity index is 230. The van der Waals surface area contributed by atoms with Gasteiger partial charge in [0, 0.05) is 6.07 Å². The van der Waals surface area contributed by atoms with Crippen molar-refractivity contribution in [3.63, 3.8) is 0 Å². The van der Waals surface area contributed by atoms with Gasteiger partial charge in [0.15, 0.2) is 0 Å². The molecule has 1 rings (SSSR count). The molecule has 0 fully saturated rings. The highest BCUT2D eigenvalue weighted by atomic mass is 16.1. The van der Waals surface area contributed by atoms with Crippen molar-refractivity contribution in [3.05, 3.63) is 34.7 Å². The number of pyridine rings is 1. The number of aromatic nitrogens is 1. The van der Waals surface area contributed by atoms with Gasteiger partial charge in [-0.3, -0.25) is 4.79 Å². The fourth-order valence-electron chi connectivity index (χ4n) is 0.508. The van der Waals surface area contributed by atoms with Crippen molar-refractivity contribution in [3.8, 4) is 0 Å². The van der Waals surface area contributed by atoms with Gasteiger partial charge in [0.1, 0.15) is 0 Å². The first-order valence-corrected chi connectivity index (χ1v) is 2.42. The van der Waals surface area contributed by atoms with Gasteiger partial charge >= 0.3 is 0 Å². The molecule has 0 aliphatic heterocycles. The summed E-state index contributed by atoms with van der Waals surface area (Å²) in [5.41, 5.74) is 0.0347. The standard InChI is InChI=1S/C5H6BNO/c6-7-4-2-1-3-5(7)8/h1-4H,6H2. The Morgan fingerprint density at radius 2 is 2.25 bits per heavy atom. The van der Waals surface area contributed by atoms with Crippen LogP contribution in [0.2, 0.25) is 0 Å². The summed E-state index contributed by atoms with van der Waals surface area (Å²) in [4.78, 5) is 10.6. The van der Waals surface area contributed by atoms with Crippen molar-refractivity contribution in [1.29, 1.82) is 0 Å². The van der Waals surface area contributed by atoms with Gasteiger partial charge in [-0.1, -0.05) is 6.07 Å². The van der Waals surface area contributed by atoms with E-state index in [2.05, 4.69) is 0 Å². The molecule has 40 valence electrons. The van der Waals surface area contributed by atoms with Gasteiger partial charge < -0.3 is 4.48 Å². The van der Waals surface area contributed by atoms with Gasteiger partial charge in [0.05, 0.1) is 0 Å². The number of hydrogen-bond donors (Lipinski definition) is 0. The van der Waals surface area contributed by atoms with Crippen LogP contribution >= 0.6 is 0 Å². The maximum atomic E-state index is 10.6. The molecular formula is C5H6BNO. The molecule has 0 aromatic carbocycles. The third-order valence-corrected chi connectivity index (χ3v) is 1.01. The largest absolute Gasteiger partial charge is 0.368 e. The summed E-state index contributed by atoms with van der Waals surface area (Å²) >= 11 is 0. The molecule has 0 spiro atoms. The van der Waals surface area contributed by atoms with Crippen molar-refractivity contribution >= 4 is 7.98 Å². The summed E-state index contributed by atoms with van der Waals surface area (Å²) in [5.74, 6) is 0. The second-order valence-corrected chi connectivity index (χ2v) is 1.65. The lowest BCUT2D eigenvalue weighted by Gasteiger charge is -1.89.